The highest BCUT2D eigenvalue weighted by atomic mass is 15.3. The third-order valence-electron chi connectivity index (χ3n) is 3.73. The minimum atomic E-state index is 0.529. The zero-order valence-electron chi connectivity index (χ0n) is 13.3. The zero-order valence-corrected chi connectivity index (χ0v) is 13.3. The number of rotatable bonds is 9. The molecule has 0 fully saturated rings. The monoisotopic (exact) mass is 285 g/mol. The molecule has 1 N–H and O–H groups in total. The molecule has 3 heteroatoms. The maximum absolute atomic E-state index is 4.26. The average Bonchev–Trinajstić information content (AvgIpc) is 2.97. The van der Waals surface area contributed by atoms with Crippen LogP contribution in [0, 0.1) is 0 Å². The number of hydrogen-bond donors (Lipinski definition) is 1. The minimum Gasteiger partial charge on any atom is -0.383 e. The van der Waals surface area contributed by atoms with Crippen LogP contribution in [-0.2, 0) is 6.54 Å². The van der Waals surface area contributed by atoms with Crippen molar-refractivity contribution in [2.45, 2.75) is 58.5 Å². The molecule has 2 aromatic rings. The Hall–Kier alpha value is -1.77. The Labute approximate surface area is 128 Å². The van der Waals surface area contributed by atoms with E-state index in [1.165, 1.54) is 43.4 Å². The van der Waals surface area contributed by atoms with Gasteiger partial charge in [0.05, 0.1) is 6.54 Å². The van der Waals surface area contributed by atoms with E-state index in [9.17, 15) is 0 Å². The third-order valence-corrected chi connectivity index (χ3v) is 3.73. The normalized spacial score (nSPS) is 12.3. The molecule has 1 aromatic heterocycles. The molecule has 1 heterocycles. The van der Waals surface area contributed by atoms with Crippen molar-refractivity contribution in [3.8, 4) is 0 Å². The summed E-state index contributed by atoms with van der Waals surface area (Å²) in [5.41, 5.74) is 2.49. The molecule has 0 spiro atoms. The molecule has 114 valence electrons. The second kappa shape index (κ2) is 8.50. The topological polar surface area (TPSA) is 29.9 Å². The van der Waals surface area contributed by atoms with Crippen molar-refractivity contribution in [1.82, 2.24) is 9.78 Å². The van der Waals surface area contributed by atoms with Gasteiger partial charge in [-0.05, 0) is 37.1 Å². The largest absolute Gasteiger partial charge is 0.383 e. The van der Waals surface area contributed by atoms with E-state index in [1.54, 1.807) is 0 Å². The first-order chi connectivity index (χ1) is 10.3. The fraction of sp³-hybridized carbons (Fsp3) is 0.500. The lowest BCUT2D eigenvalue weighted by atomic mass is 10.1. The van der Waals surface area contributed by atoms with Crippen LogP contribution in [0.4, 0.5) is 5.69 Å². The van der Waals surface area contributed by atoms with Gasteiger partial charge in [0.2, 0.25) is 0 Å². The summed E-state index contributed by atoms with van der Waals surface area (Å²) in [6.07, 6.45) is 10.4. The Balaban J connectivity index is 1.82. The standard InChI is InChI=1S/C18H27N3/c1-3-4-5-6-9-16(2)20-18-11-7-10-17(14-18)15-21-13-8-12-19-21/h7-8,10-14,16,20H,3-6,9,15H2,1-2H3. The van der Waals surface area contributed by atoms with Crippen molar-refractivity contribution in [3.63, 3.8) is 0 Å². The van der Waals surface area contributed by atoms with Crippen LogP contribution in [0.3, 0.4) is 0 Å². The van der Waals surface area contributed by atoms with Gasteiger partial charge in [-0.15, -0.1) is 0 Å². The maximum Gasteiger partial charge on any atom is 0.0660 e. The van der Waals surface area contributed by atoms with Crippen LogP contribution in [0.5, 0.6) is 0 Å². The summed E-state index contributed by atoms with van der Waals surface area (Å²) in [4.78, 5) is 0. The molecule has 0 aliphatic rings. The van der Waals surface area contributed by atoms with Crippen LogP contribution < -0.4 is 5.32 Å². The van der Waals surface area contributed by atoms with Gasteiger partial charge in [-0.25, -0.2) is 0 Å². The van der Waals surface area contributed by atoms with E-state index >= 15 is 0 Å². The number of nitrogens with one attached hydrogen (secondary N) is 1. The van der Waals surface area contributed by atoms with Crippen LogP contribution in [0.1, 0.15) is 51.5 Å². The number of benzene rings is 1. The lowest BCUT2D eigenvalue weighted by Crippen LogP contribution is -2.15. The highest BCUT2D eigenvalue weighted by molar-refractivity contribution is 5.46. The maximum atomic E-state index is 4.26. The van der Waals surface area contributed by atoms with Gasteiger partial charge in [0, 0.05) is 24.1 Å². The summed E-state index contributed by atoms with van der Waals surface area (Å²) in [5, 5.41) is 7.87. The van der Waals surface area contributed by atoms with Gasteiger partial charge in [0.1, 0.15) is 0 Å². The average molecular weight is 285 g/mol. The molecule has 0 amide bonds. The molecule has 0 bridgehead atoms. The third kappa shape index (κ3) is 5.62. The number of hydrogen-bond acceptors (Lipinski definition) is 2. The predicted molar refractivity (Wildman–Crippen MR) is 89.6 cm³/mol. The molecular weight excluding hydrogens is 258 g/mol. The molecule has 0 radical (unpaired) electrons. The van der Waals surface area contributed by atoms with Crippen molar-refractivity contribution in [3.05, 3.63) is 48.3 Å². The first-order valence-corrected chi connectivity index (χ1v) is 8.11. The summed E-state index contributed by atoms with van der Waals surface area (Å²) in [7, 11) is 0. The molecule has 1 aromatic carbocycles. The van der Waals surface area contributed by atoms with Crippen LogP contribution in [0.15, 0.2) is 42.7 Å². The molecule has 0 aliphatic heterocycles. The number of anilines is 1. The first kappa shape index (κ1) is 15.6. The molecule has 1 atom stereocenters. The van der Waals surface area contributed by atoms with Gasteiger partial charge in [0.25, 0.3) is 0 Å². The van der Waals surface area contributed by atoms with Crippen molar-refractivity contribution in [1.29, 1.82) is 0 Å². The summed E-state index contributed by atoms with van der Waals surface area (Å²) >= 11 is 0. The van der Waals surface area contributed by atoms with E-state index in [2.05, 4.69) is 48.5 Å². The molecule has 2 rings (SSSR count). The lowest BCUT2D eigenvalue weighted by Gasteiger charge is -2.16. The molecule has 0 aliphatic carbocycles. The minimum absolute atomic E-state index is 0.529. The highest BCUT2D eigenvalue weighted by Crippen LogP contribution is 2.15. The van der Waals surface area contributed by atoms with Crippen LogP contribution in [0.2, 0.25) is 0 Å². The molecular formula is C18H27N3. The van der Waals surface area contributed by atoms with Crippen LogP contribution in [0.25, 0.3) is 0 Å². The van der Waals surface area contributed by atoms with E-state index in [1.807, 2.05) is 23.1 Å². The molecule has 0 saturated heterocycles. The Bertz CT molecular complexity index is 505. The second-order valence-electron chi connectivity index (χ2n) is 5.80. The first-order valence-electron chi connectivity index (χ1n) is 8.11. The Morgan fingerprint density at radius 3 is 2.86 bits per heavy atom. The Morgan fingerprint density at radius 2 is 2.10 bits per heavy atom. The number of nitrogens with zero attached hydrogens (tertiary/aromatic N) is 2. The van der Waals surface area contributed by atoms with Crippen LogP contribution in [-0.4, -0.2) is 15.8 Å². The SMILES string of the molecule is CCCCCCC(C)Nc1cccc(Cn2cccn2)c1. The van der Waals surface area contributed by atoms with Crippen molar-refractivity contribution in [2.75, 3.05) is 5.32 Å². The zero-order chi connectivity index (χ0) is 14.9. The quantitative estimate of drug-likeness (QED) is 0.677. The van der Waals surface area contributed by atoms with Gasteiger partial charge < -0.3 is 5.32 Å². The second-order valence-corrected chi connectivity index (χ2v) is 5.80. The molecule has 3 nitrogen and oxygen atoms in total. The number of unbranched alkanes of at least 4 members (excludes halogenated alkanes) is 3. The van der Waals surface area contributed by atoms with Crippen molar-refractivity contribution >= 4 is 5.69 Å². The fourth-order valence-corrected chi connectivity index (χ4v) is 2.57. The van der Waals surface area contributed by atoms with E-state index in [4.69, 9.17) is 0 Å². The van der Waals surface area contributed by atoms with Gasteiger partial charge in [-0.2, -0.15) is 5.10 Å². The van der Waals surface area contributed by atoms with Crippen molar-refractivity contribution < 1.29 is 0 Å². The molecule has 1 unspecified atom stereocenters. The lowest BCUT2D eigenvalue weighted by molar-refractivity contribution is 0.594. The van der Waals surface area contributed by atoms with Gasteiger partial charge in [-0.1, -0.05) is 44.7 Å². The Kier molecular flexibility index (Phi) is 6.32. The van der Waals surface area contributed by atoms with Crippen LogP contribution >= 0.6 is 0 Å². The number of aromatic nitrogens is 2. The van der Waals surface area contributed by atoms with E-state index in [-0.39, 0.29) is 0 Å². The molecule has 0 saturated carbocycles. The van der Waals surface area contributed by atoms with Gasteiger partial charge in [-0.3, -0.25) is 4.68 Å². The van der Waals surface area contributed by atoms with Gasteiger partial charge in [0.15, 0.2) is 0 Å². The van der Waals surface area contributed by atoms with E-state index in [0.717, 1.165) is 6.54 Å². The summed E-state index contributed by atoms with van der Waals surface area (Å²) < 4.78 is 1.95. The Morgan fingerprint density at radius 1 is 1.19 bits per heavy atom. The summed E-state index contributed by atoms with van der Waals surface area (Å²) in [6.45, 7) is 5.35. The summed E-state index contributed by atoms with van der Waals surface area (Å²) in [6, 6.07) is 11.1. The van der Waals surface area contributed by atoms with E-state index < -0.39 is 0 Å². The highest BCUT2D eigenvalue weighted by Gasteiger charge is 2.03. The molecule has 21 heavy (non-hydrogen) atoms. The van der Waals surface area contributed by atoms with Gasteiger partial charge >= 0.3 is 0 Å². The fourth-order valence-electron chi connectivity index (χ4n) is 2.57. The summed E-state index contributed by atoms with van der Waals surface area (Å²) in [5.74, 6) is 0. The smallest absolute Gasteiger partial charge is 0.0660 e. The predicted octanol–water partition coefficient (Wildman–Crippen LogP) is 4.70. The van der Waals surface area contributed by atoms with Crippen molar-refractivity contribution in [2.24, 2.45) is 0 Å². The van der Waals surface area contributed by atoms with E-state index in [0.29, 0.717) is 6.04 Å².